The van der Waals surface area contributed by atoms with Gasteiger partial charge >= 0.3 is 0 Å². The van der Waals surface area contributed by atoms with E-state index in [9.17, 15) is 9.90 Å². The largest absolute Gasteiger partial charge is 0.491 e. The van der Waals surface area contributed by atoms with Crippen LogP contribution in [0, 0.1) is 0 Å². The van der Waals surface area contributed by atoms with E-state index in [1.807, 2.05) is 42.5 Å². The van der Waals surface area contributed by atoms with Crippen LogP contribution in [0.4, 0.5) is 0 Å². The highest BCUT2D eigenvalue weighted by Crippen LogP contribution is 2.24. The van der Waals surface area contributed by atoms with E-state index < -0.39 is 6.10 Å². The summed E-state index contributed by atoms with van der Waals surface area (Å²) in [6, 6.07) is 19.0. The van der Waals surface area contributed by atoms with Crippen LogP contribution in [0.2, 0.25) is 5.02 Å². The first-order valence-electron chi connectivity index (χ1n) is 11.3. The maximum absolute atomic E-state index is 13.2. The summed E-state index contributed by atoms with van der Waals surface area (Å²) >= 11 is 7.47. The molecule has 0 bridgehead atoms. The number of hydrogen-bond donors (Lipinski definition) is 1. The van der Waals surface area contributed by atoms with E-state index in [2.05, 4.69) is 0 Å². The van der Waals surface area contributed by atoms with Crippen molar-refractivity contribution >= 4 is 45.0 Å². The molecule has 2 atom stereocenters. The van der Waals surface area contributed by atoms with E-state index in [4.69, 9.17) is 26.1 Å². The van der Waals surface area contributed by atoms with Crippen molar-refractivity contribution in [2.75, 3.05) is 19.0 Å². The molecule has 8 heteroatoms. The minimum absolute atomic E-state index is 0.00948. The summed E-state index contributed by atoms with van der Waals surface area (Å²) in [7, 11) is 0. The number of fused-ring (bicyclic) bond motifs is 2. The number of halogens is 1. The molecule has 1 aromatic heterocycles. The van der Waals surface area contributed by atoms with Gasteiger partial charge in [0, 0.05) is 17.4 Å². The minimum atomic E-state index is -0.736. The molecule has 0 saturated carbocycles. The fourth-order valence-corrected chi connectivity index (χ4v) is 5.19. The van der Waals surface area contributed by atoms with Crippen LogP contribution in [0.3, 0.4) is 0 Å². The Morgan fingerprint density at radius 2 is 2.03 bits per heavy atom. The van der Waals surface area contributed by atoms with Crippen LogP contribution < -0.4 is 10.3 Å². The van der Waals surface area contributed by atoms with Crippen molar-refractivity contribution in [3.8, 4) is 5.75 Å². The number of nitrogens with zero attached hydrogens (tertiary/aromatic N) is 2. The zero-order chi connectivity index (χ0) is 23.5. The van der Waals surface area contributed by atoms with E-state index in [1.54, 1.807) is 22.8 Å². The Labute approximate surface area is 206 Å². The smallest absolute Gasteiger partial charge is 0.262 e. The van der Waals surface area contributed by atoms with Crippen LogP contribution in [0.5, 0.6) is 5.75 Å². The number of aliphatic hydroxyl groups is 1. The van der Waals surface area contributed by atoms with Gasteiger partial charge in [0.2, 0.25) is 0 Å². The molecule has 176 valence electrons. The number of thioether (sulfide) groups is 1. The Morgan fingerprint density at radius 1 is 1.18 bits per heavy atom. The lowest BCUT2D eigenvalue weighted by Crippen LogP contribution is -2.29. The molecule has 2 heterocycles. The molecule has 1 aliphatic rings. The fourth-order valence-electron chi connectivity index (χ4n) is 4.11. The van der Waals surface area contributed by atoms with Crippen LogP contribution in [0.15, 0.2) is 70.6 Å². The molecule has 1 saturated heterocycles. The number of benzene rings is 3. The Balaban J connectivity index is 1.30. The zero-order valence-corrected chi connectivity index (χ0v) is 20.1. The van der Waals surface area contributed by atoms with Gasteiger partial charge in [0.25, 0.3) is 5.56 Å². The summed E-state index contributed by atoms with van der Waals surface area (Å²) in [5, 5.41) is 14.4. The lowest BCUT2D eigenvalue weighted by Gasteiger charge is -2.18. The van der Waals surface area contributed by atoms with E-state index in [1.165, 1.54) is 11.8 Å². The van der Waals surface area contributed by atoms with E-state index in [0.717, 1.165) is 23.6 Å². The van der Waals surface area contributed by atoms with Gasteiger partial charge in [-0.05, 0) is 53.9 Å². The highest BCUT2D eigenvalue weighted by atomic mass is 35.5. The maximum atomic E-state index is 13.2. The van der Waals surface area contributed by atoms with Crippen molar-refractivity contribution in [1.29, 1.82) is 0 Å². The number of rotatable bonds is 8. The average molecular weight is 497 g/mol. The molecular formula is C26H25ClN2O4S. The number of aliphatic hydroxyl groups excluding tert-OH is 1. The molecule has 3 aromatic carbocycles. The first kappa shape index (κ1) is 23.2. The summed E-state index contributed by atoms with van der Waals surface area (Å²) in [6.45, 7) is 1.29. The molecule has 0 amide bonds. The molecule has 1 aliphatic heterocycles. The lowest BCUT2D eigenvalue weighted by atomic mass is 10.1. The molecule has 0 aliphatic carbocycles. The van der Waals surface area contributed by atoms with Gasteiger partial charge in [0.1, 0.15) is 12.4 Å². The van der Waals surface area contributed by atoms with Crippen molar-refractivity contribution in [3.05, 3.63) is 76.0 Å². The first-order valence-corrected chi connectivity index (χ1v) is 12.7. The lowest BCUT2D eigenvalue weighted by molar-refractivity contribution is 0.0937. The Bertz CT molecular complexity index is 1370. The van der Waals surface area contributed by atoms with Gasteiger partial charge < -0.3 is 14.6 Å². The summed E-state index contributed by atoms with van der Waals surface area (Å²) in [5.41, 5.74) is 0.423. The molecule has 0 spiro atoms. The molecular weight excluding hydrogens is 472 g/mol. The summed E-state index contributed by atoms with van der Waals surface area (Å²) in [5.74, 6) is 1.04. The SMILES string of the molecule is O=c1c2ccc(Cl)cc2nc(SCC(O)COc2ccc3ccccc3c2)n1CC1CCCO1. The van der Waals surface area contributed by atoms with E-state index in [-0.39, 0.29) is 18.3 Å². The van der Waals surface area contributed by atoms with E-state index >= 15 is 0 Å². The molecule has 2 unspecified atom stereocenters. The topological polar surface area (TPSA) is 73.6 Å². The Kier molecular flexibility index (Phi) is 7.06. The van der Waals surface area contributed by atoms with Crippen LogP contribution in [-0.2, 0) is 11.3 Å². The Morgan fingerprint density at radius 3 is 2.85 bits per heavy atom. The Hall–Kier alpha value is -2.58. The predicted octanol–water partition coefficient (Wildman–Crippen LogP) is 4.91. The highest BCUT2D eigenvalue weighted by Gasteiger charge is 2.21. The third-order valence-electron chi connectivity index (χ3n) is 5.86. The summed E-state index contributed by atoms with van der Waals surface area (Å²) in [4.78, 5) is 17.9. The third-order valence-corrected chi connectivity index (χ3v) is 7.22. The molecule has 4 aromatic rings. The monoisotopic (exact) mass is 496 g/mol. The van der Waals surface area contributed by atoms with Crippen molar-refractivity contribution in [2.24, 2.45) is 0 Å². The minimum Gasteiger partial charge on any atom is -0.491 e. The number of ether oxygens (including phenoxy) is 2. The molecule has 0 radical (unpaired) electrons. The van der Waals surface area contributed by atoms with Gasteiger partial charge in [-0.3, -0.25) is 9.36 Å². The van der Waals surface area contributed by atoms with Crippen molar-refractivity contribution < 1.29 is 14.6 Å². The highest BCUT2D eigenvalue weighted by molar-refractivity contribution is 7.99. The fraction of sp³-hybridized carbons (Fsp3) is 0.308. The maximum Gasteiger partial charge on any atom is 0.262 e. The van der Waals surface area contributed by atoms with Crippen molar-refractivity contribution in [1.82, 2.24) is 9.55 Å². The molecule has 1 fully saturated rings. The van der Waals surface area contributed by atoms with Gasteiger partial charge in [-0.1, -0.05) is 53.7 Å². The molecule has 5 rings (SSSR count). The van der Waals surface area contributed by atoms with Gasteiger partial charge in [-0.15, -0.1) is 0 Å². The quantitative estimate of drug-likeness (QED) is 0.276. The normalized spacial score (nSPS) is 16.8. The third kappa shape index (κ3) is 5.23. The second-order valence-electron chi connectivity index (χ2n) is 8.39. The summed E-state index contributed by atoms with van der Waals surface area (Å²) < 4.78 is 13.2. The van der Waals surface area contributed by atoms with Gasteiger partial charge in [-0.2, -0.15) is 0 Å². The van der Waals surface area contributed by atoms with Crippen LogP contribution in [-0.4, -0.2) is 45.8 Å². The van der Waals surface area contributed by atoms with Crippen LogP contribution in [0.25, 0.3) is 21.7 Å². The van der Waals surface area contributed by atoms with Crippen molar-refractivity contribution in [3.63, 3.8) is 0 Å². The summed E-state index contributed by atoms with van der Waals surface area (Å²) in [6.07, 6.45) is 1.16. The number of hydrogen-bond acceptors (Lipinski definition) is 6. The molecule has 1 N–H and O–H groups in total. The van der Waals surface area contributed by atoms with Gasteiger partial charge in [0.05, 0.1) is 29.7 Å². The predicted molar refractivity (Wildman–Crippen MR) is 136 cm³/mol. The molecule has 34 heavy (non-hydrogen) atoms. The van der Waals surface area contributed by atoms with Crippen molar-refractivity contribution in [2.45, 2.75) is 36.8 Å². The van der Waals surface area contributed by atoms with Crippen LogP contribution in [0.1, 0.15) is 12.8 Å². The molecule has 6 nitrogen and oxygen atoms in total. The van der Waals surface area contributed by atoms with E-state index in [0.29, 0.717) is 45.7 Å². The second-order valence-corrected chi connectivity index (χ2v) is 9.82. The second kappa shape index (κ2) is 10.4. The standard InChI is InChI=1S/C26H25ClN2O4S/c27-19-8-10-23-24(13-19)28-26(29(25(23)31)14-22-6-3-11-32-22)34-16-20(30)15-33-21-9-7-17-4-1-2-5-18(17)12-21/h1-2,4-5,7-10,12-13,20,22,30H,3,6,11,14-16H2. The van der Waals surface area contributed by atoms with Gasteiger partial charge in [-0.25, -0.2) is 4.98 Å². The van der Waals surface area contributed by atoms with Crippen LogP contribution >= 0.6 is 23.4 Å². The number of aromatic nitrogens is 2. The zero-order valence-electron chi connectivity index (χ0n) is 18.5. The first-order chi connectivity index (χ1) is 16.6. The van der Waals surface area contributed by atoms with Gasteiger partial charge in [0.15, 0.2) is 5.16 Å². The average Bonchev–Trinajstić information content (AvgIpc) is 3.36.